The van der Waals surface area contributed by atoms with Gasteiger partial charge in [0.25, 0.3) is 5.91 Å². The van der Waals surface area contributed by atoms with Crippen LogP contribution in [0.15, 0.2) is 48.5 Å². The number of halogens is 1. The zero-order chi connectivity index (χ0) is 20.6. The van der Waals surface area contributed by atoms with E-state index < -0.39 is 12.0 Å². The summed E-state index contributed by atoms with van der Waals surface area (Å²) >= 11 is 5.96. The minimum absolute atomic E-state index is 0.0390. The molecule has 1 heterocycles. The lowest BCUT2D eigenvalue weighted by molar-refractivity contribution is -0.141. The van der Waals surface area contributed by atoms with Crippen molar-refractivity contribution in [1.29, 1.82) is 0 Å². The van der Waals surface area contributed by atoms with Gasteiger partial charge >= 0.3 is 5.97 Å². The van der Waals surface area contributed by atoms with Crippen LogP contribution < -0.4 is 5.32 Å². The number of nitrogens with one attached hydrogen (secondary N) is 1. The predicted molar refractivity (Wildman–Crippen MR) is 111 cm³/mol. The lowest BCUT2D eigenvalue weighted by Gasteiger charge is -2.26. The van der Waals surface area contributed by atoms with E-state index in [1.54, 1.807) is 30.3 Å². The minimum atomic E-state index is -0.505. The van der Waals surface area contributed by atoms with Gasteiger partial charge in [0.2, 0.25) is 0 Å². The molecular formula is C22H25ClN2O4. The van der Waals surface area contributed by atoms with Crippen LogP contribution in [-0.4, -0.2) is 50.2 Å². The fourth-order valence-corrected chi connectivity index (χ4v) is 3.39. The molecule has 1 aliphatic heterocycles. The standard InChI is InChI=1S/C22H25ClN2O4/c1-28-21(26)14-20(17-5-7-19(23)8-6-17)24-22(27)18-4-2-3-16(13-18)15-25-9-11-29-12-10-25/h2-8,13,20H,9-12,14-15H2,1H3,(H,24,27). The van der Waals surface area contributed by atoms with Crippen molar-refractivity contribution in [2.75, 3.05) is 33.4 Å². The maximum absolute atomic E-state index is 12.9. The lowest BCUT2D eigenvalue weighted by Crippen LogP contribution is -2.35. The van der Waals surface area contributed by atoms with Crippen molar-refractivity contribution in [3.05, 3.63) is 70.2 Å². The van der Waals surface area contributed by atoms with E-state index in [0.717, 1.165) is 44.0 Å². The number of amides is 1. The topological polar surface area (TPSA) is 67.9 Å². The number of nitrogens with zero attached hydrogens (tertiary/aromatic N) is 1. The monoisotopic (exact) mass is 416 g/mol. The number of rotatable bonds is 7. The van der Waals surface area contributed by atoms with Gasteiger partial charge in [-0.05, 0) is 35.4 Å². The van der Waals surface area contributed by atoms with Gasteiger partial charge in [0.15, 0.2) is 0 Å². The Morgan fingerprint density at radius 2 is 1.90 bits per heavy atom. The zero-order valence-electron chi connectivity index (χ0n) is 16.4. The third-order valence-corrected chi connectivity index (χ3v) is 5.13. The summed E-state index contributed by atoms with van der Waals surface area (Å²) in [7, 11) is 1.33. The van der Waals surface area contributed by atoms with Crippen molar-refractivity contribution in [1.82, 2.24) is 10.2 Å². The van der Waals surface area contributed by atoms with Gasteiger partial charge in [0, 0.05) is 30.2 Å². The Balaban J connectivity index is 1.72. The molecule has 1 unspecified atom stereocenters. The molecule has 0 aromatic heterocycles. The number of hydrogen-bond acceptors (Lipinski definition) is 5. The molecule has 1 N–H and O–H groups in total. The van der Waals surface area contributed by atoms with E-state index in [-0.39, 0.29) is 12.3 Å². The molecule has 3 rings (SSSR count). The Bertz CT molecular complexity index is 835. The van der Waals surface area contributed by atoms with Gasteiger partial charge < -0.3 is 14.8 Å². The molecule has 1 saturated heterocycles. The van der Waals surface area contributed by atoms with E-state index in [0.29, 0.717) is 10.6 Å². The van der Waals surface area contributed by atoms with Gasteiger partial charge in [0.1, 0.15) is 0 Å². The maximum Gasteiger partial charge on any atom is 0.307 e. The molecule has 7 heteroatoms. The Kier molecular flexibility index (Phi) is 7.63. The molecule has 29 heavy (non-hydrogen) atoms. The van der Waals surface area contributed by atoms with Crippen molar-refractivity contribution >= 4 is 23.5 Å². The number of benzene rings is 2. The number of ether oxygens (including phenoxy) is 2. The van der Waals surface area contributed by atoms with Crippen LogP contribution in [-0.2, 0) is 20.8 Å². The van der Waals surface area contributed by atoms with Gasteiger partial charge in [-0.2, -0.15) is 0 Å². The van der Waals surface area contributed by atoms with Crippen LogP contribution >= 0.6 is 11.6 Å². The van der Waals surface area contributed by atoms with Crippen LogP contribution in [0.5, 0.6) is 0 Å². The van der Waals surface area contributed by atoms with E-state index in [1.807, 2.05) is 18.2 Å². The first-order chi connectivity index (χ1) is 14.0. The number of esters is 1. The number of hydrogen-bond donors (Lipinski definition) is 1. The van der Waals surface area contributed by atoms with E-state index in [1.165, 1.54) is 7.11 Å². The Hall–Kier alpha value is -2.41. The quantitative estimate of drug-likeness (QED) is 0.702. The van der Waals surface area contributed by atoms with E-state index >= 15 is 0 Å². The summed E-state index contributed by atoms with van der Waals surface area (Å²) in [5.41, 5.74) is 2.41. The summed E-state index contributed by atoms with van der Waals surface area (Å²) in [6.07, 6.45) is 0.0390. The Labute approximate surface area is 175 Å². The van der Waals surface area contributed by atoms with Crippen molar-refractivity contribution in [3.8, 4) is 0 Å². The molecule has 2 aromatic rings. The largest absolute Gasteiger partial charge is 0.469 e. The summed E-state index contributed by atoms with van der Waals surface area (Å²) in [5.74, 6) is -0.635. The summed E-state index contributed by atoms with van der Waals surface area (Å²) < 4.78 is 10.2. The first kappa shape index (κ1) is 21.3. The molecule has 1 fully saturated rings. The van der Waals surface area contributed by atoms with Crippen molar-refractivity contribution in [2.45, 2.75) is 19.0 Å². The molecular weight excluding hydrogens is 392 g/mol. The highest BCUT2D eigenvalue weighted by molar-refractivity contribution is 6.30. The number of carbonyl (C=O) groups excluding carboxylic acids is 2. The van der Waals surface area contributed by atoms with E-state index in [2.05, 4.69) is 10.2 Å². The molecule has 2 aromatic carbocycles. The highest BCUT2D eigenvalue weighted by Gasteiger charge is 2.20. The lowest BCUT2D eigenvalue weighted by atomic mass is 10.0. The Morgan fingerprint density at radius 3 is 2.59 bits per heavy atom. The second-order valence-electron chi connectivity index (χ2n) is 6.95. The summed E-state index contributed by atoms with van der Waals surface area (Å²) in [6.45, 7) is 4.00. The van der Waals surface area contributed by atoms with Crippen LogP contribution in [0.3, 0.4) is 0 Å². The van der Waals surface area contributed by atoms with Crippen LogP contribution in [0.2, 0.25) is 5.02 Å². The van der Waals surface area contributed by atoms with Crippen LogP contribution in [0.25, 0.3) is 0 Å². The highest BCUT2D eigenvalue weighted by Crippen LogP contribution is 2.21. The predicted octanol–water partition coefficient (Wildman–Crippen LogP) is 3.21. The van der Waals surface area contributed by atoms with Crippen molar-refractivity contribution in [3.63, 3.8) is 0 Å². The molecule has 0 bridgehead atoms. The molecule has 1 atom stereocenters. The van der Waals surface area contributed by atoms with Crippen molar-refractivity contribution in [2.24, 2.45) is 0 Å². The highest BCUT2D eigenvalue weighted by atomic mass is 35.5. The van der Waals surface area contributed by atoms with Gasteiger partial charge in [-0.25, -0.2) is 0 Å². The SMILES string of the molecule is COC(=O)CC(NC(=O)c1cccc(CN2CCOCC2)c1)c1ccc(Cl)cc1. The first-order valence-corrected chi connectivity index (χ1v) is 9.95. The summed E-state index contributed by atoms with van der Waals surface area (Å²) in [6, 6.07) is 14.1. The van der Waals surface area contributed by atoms with Crippen LogP contribution in [0.4, 0.5) is 0 Å². The average Bonchev–Trinajstić information content (AvgIpc) is 2.74. The fourth-order valence-electron chi connectivity index (χ4n) is 3.27. The molecule has 0 radical (unpaired) electrons. The van der Waals surface area contributed by atoms with Crippen molar-refractivity contribution < 1.29 is 19.1 Å². The van der Waals surface area contributed by atoms with Gasteiger partial charge in [-0.15, -0.1) is 0 Å². The van der Waals surface area contributed by atoms with Gasteiger partial charge in [-0.1, -0.05) is 35.9 Å². The smallest absolute Gasteiger partial charge is 0.307 e. The molecule has 1 aliphatic rings. The number of carbonyl (C=O) groups is 2. The van der Waals surface area contributed by atoms with E-state index in [4.69, 9.17) is 21.1 Å². The molecule has 0 aliphatic carbocycles. The summed E-state index contributed by atoms with van der Waals surface area (Å²) in [4.78, 5) is 27.0. The second kappa shape index (κ2) is 10.4. The maximum atomic E-state index is 12.9. The first-order valence-electron chi connectivity index (χ1n) is 9.57. The minimum Gasteiger partial charge on any atom is -0.469 e. The third-order valence-electron chi connectivity index (χ3n) is 4.88. The molecule has 1 amide bonds. The van der Waals surface area contributed by atoms with Crippen LogP contribution in [0, 0.1) is 0 Å². The summed E-state index contributed by atoms with van der Waals surface area (Å²) in [5, 5.41) is 3.54. The third kappa shape index (κ3) is 6.29. The molecule has 0 spiro atoms. The van der Waals surface area contributed by atoms with E-state index in [9.17, 15) is 9.59 Å². The molecule has 154 valence electrons. The average molecular weight is 417 g/mol. The Morgan fingerprint density at radius 1 is 1.17 bits per heavy atom. The van der Waals surface area contributed by atoms with Gasteiger partial charge in [-0.3, -0.25) is 14.5 Å². The molecule has 0 saturated carbocycles. The normalized spacial score (nSPS) is 15.5. The molecule has 6 nitrogen and oxygen atoms in total. The van der Waals surface area contributed by atoms with Gasteiger partial charge in [0.05, 0.1) is 32.8 Å². The zero-order valence-corrected chi connectivity index (χ0v) is 17.2. The fraction of sp³-hybridized carbons (Fsp3) is 0.364. The number of morpholine rings is 1. The van der Waals surface area contributed by atoms with Crippen LogP contribution in [0.1, 0.15) is 33.9 Å². The number of methoxy groups -OCH3 is 1. The second-order valence-corrected chi connectivity index (χ2v) is 7.38.